The maximum atomic E-state index is 14.0. The van der Waals surface area contributed by atoms with Crippen LogP contribution in [0.15, 0.2) is 31.8 Å². The summed E-state index contributed by atoms with van der Waals surface area (Å²) in [6, 6.07) is 6.55. The van der Waals surface area contributed by atoms with E-state index in [4.69, 9.17) is 0 Å². The number of rotatable bonds is 18. The lowest BCUT2D eigenvalue weighted by molar-refractivity contribution is -0.168. The molecule has 12 heteroatoms. The zero-order valence-electron chi connectivity index (χ0n) is 27.2. The molecule has 6 unspecified atom stereocenters. The highest BCUT2D eigenvalue weighted by atomic mass is 79.9. The van der Waals surface area contributed by atoms with Crippen LogP contribution in [0.2, 0.25) is 0 Å². The van der Waals surface area contributed by atoms with Gasteiger partial charge in [0.2, 0.25) is 0 Å². The van der Waals surface area contributed by atoms with Crippen molar-refractivity contribution < 1.29 is 29.4 Å². The van der Waals surface area contributed by atoms with Crippen molar-refractivity contribution in [2.24, 2.45) is 23.7 Å². The van der Waals surface area contributed by atoms with Gasteiger partial charge >= 0.3 is 0 Å². The molecule has 6 atom stereocenters. The molecule has 4 N–H and O–H groups in total. The van der Waals surface area contributed by atoms with E-state index in [0.717, 1.165) is 74.0 Å². The van der Waals surface area contributed by atoms with Crippen molar-refractivity contribution in [3.05, 3.63) is 41.6 Å². The highest BCUT2D eigenvalue weighted by Gasteiger charge is 2.59. The molecule has 0 bridgehead atoms. The molecular weight excluding hydrogens is 756 g/mol. The molecule has 0 aliphatic heterocycles. The predicted molar refractivity (Wildman–Crippen MR) is 191 cm³/mol. The van der Waals surface area contributed by atoms with Gasteiger partial charge in [0, 0.05) is 35.7 Å². The number of nitrogens with one attached hydrogen (secondary N) is 2. The van der Waals surface area contributed by atoms with Gasteiger partial charge in [0.05, 0.1) is 19.4 Å². The zero-order valence-corrected chi connectivity index (χ0v) is 32.0. The van der Waals surface area contributed by atoms with Crippen molar-refractivity contribution in [2.45, 2.75) is 103 Å². The fraction of sp³-hybridized carbons (Fsp3) is 0.647. The van der Waals surface area contributed by atoms with Gasteiger partial charge in [-0.15, -0.1) is 22.7 Å². The first-order chi connectivity index (χ1) is 21.9. The average molecular weight is 805 g/mol. The summed E-state index contributed by atoms with van der Waals surface area (Å²) in [6.07, 6.45) is 6.66. The Morgan fingerprint density at radius 3 is 1.41 bits per heavy atom. The molecule has 1 fully saturated rings. The molecule has 0 aromatic carbocycles. The van der Waals surface area contributed by atoms with Gasteiger partial charge in [0.1, 0.15) is 11.6 Å². The number of unbranched alkanes of at least 4 members (excludes halogenated alkanes) is 2. The average Bonchev–Trinajstić information content (AvgIpc) is 3.69. The molecule has 2 aromatic rings. The van der Waals surface area contributed by atoms with Gasteiger partial charge in [-0.1, -0.05) is 66.2 Å². The third-order valence-corrected chi connectivity index (χ3v) is 12.9. The number of hydrogen-bond donors (Lipinski definition) is 4. The number of halogens is 2. The Morgan fingerprint density at radius 1 is 0.761 bits per heavy atom. The maximum absolute atomic E-state index is 14.0. The lowest BCUT2D eigenvalue weighted by Gasteiger charge is -2.41. The molecule has 8 nitrogen and oxygen atoms in total. The van der Waals surface area contributed by atoms with Crippen molar-refractivity contribution >= 4 is 77.9 Å². The first kappa shape index (κ1) is 39.0. The van der Waals surface area contributed by atoms with E-state index >= 15 is 0 Å². The van der Waals surface area contributed by atoms with Crippen LogP contribution in [0.3, 0.4) is 0 Å². The Balaban J connectivity index is 1.93. The molecule has 256 valence electrons. The highest BCUT2D eigenvalue weighted by Crippen LogP contribution is 2.47. The molecule has 0 saturated heterocycles. The minimum Gasteiger partial charge on any atom is -0.374 e. The van der Waals surface area contributed by atoms with Crippen LogP contribution in [-0.2, 0) is 30.4 Å². The van der Waals surface area contributed by atoms with E-state index in [1.807, 2.05) is 0 Å². The van der Waals surface area contributed by atoms with Crippen molar-refractivity contribution in [1.82, 2.24) is 10.6 Å². The fourth-order valence-electron chi connectivity index (χ4n) is 6.23. The topological polar surface area (TPSA) is 133 Å². The van der Waals surface area contributed by atoms with Gasteiger partial charge in [-0.05, 0) is 80.8 Å². The van der Waals surface area contributed by atoms with E-state index in [-0.39, 0.29) is 21.6 Å². The second kappa shape index (κ2) is 17.8. The molecule has 2 aromatic heterocycles. The lowest BCUT2D eigenvalue weighted by Crippen LogP contribution is -2.59. The first-order valence-corrected chi connectivity index (χ1v) is 19.7. The Kier molecular flexibility index (Phi) is 15.1. The van der Waals surface area contributed by atoms with Gasteiger partial charge in [-0.25, -0.2) is 0 Å². The van der Waals surface area contributed by atoms with Crippen LogP contribution >= 0.6 is 54.5 Å². The van der Waals surface area contributed by atoms with Gasteiger partial charge in [0.25, 0.3) is 11.8 Å². The predicted octanol–water partition coefficient (Wildman–Crippen LogP) is 7.24. The van der Waals surface area contributed by atoms with E-state index in [1.54, 1.807) is 24.3 Å². The molecular formula is C34H48Br2N2O6S2. The molecule has 46 heavy (non-hydrogen) atoms. The zero-order chi connectivity index (χ0) is 34.1. The van der Waals surface area contributed by atoms with Crippen LogP contribution in [-0.4, -0.2) is 46.7 Å². The highest BCUT2D eigenvalue weighted by molar-refractivity contribution is 9.11. The van der Waals surface area contributed by atoms with Crippen molar-refractivity contribution in [3.8, 4) is 0 Å². The third kappa shape index (κ3) is 8.96. The number of thiophene rings is 2. The van der Waals surface area contributed by atoms with Crippen LogP contribution in [0.4, 0.5) is 0 Å². The Hall–Kier alpha value is -1.44. The van der Waals surface area contributed by atoms with Crippen molar-refractivity contribution in [1.29, 1.82) is 0 Å². The summed E-state index contributed by atoms with van der Waals surface area (Å²) in [5, 5.41) is 30.1. The second-order valence-electron chi connectivity index (χ2n) is 12.4. The van der Waals surface area contributed by atoms with Gasteiger partial charge in [-0.3, -0.25) is 19.2 Å². The number of aliphatic hydroxyl groups is 2. The van der Waals surface area contributed by atoms with Crippen LogP contribution in [0.25, 0.3) is 0 Å². The fourth-order valence-corrected chi connectivity index (χ4v) is 9.28. The Labute approximate surface area is 297 Å². The molecule has 2 heterocycles. The third-order valence-electron chi connectivity index (χ3n) is 9.38. The van der Waals surface area contributed by atoms with E-state index in [2.05, 4.69) is 70.2 Å². The van der Waals surface area contributed by atoms with E-state index < -0.39 is 59.3 Å². The van der Waals surface area contributed by atoms with Crippen LogP contribution in [0.5, 0.6) is 0 Å². The summed E-state index contributed by atoms with van der Waals surface area (Å²) in [5.74, 6) is -4.89. The number of ketones is 2. The number of Topliss-reactive ketones (excluding diaryl/α,β-unsaturated/α-hetero) is 2. The SMILES string of the molecule is CCCCC(CC)CNC(=O)C(O)(c1ccc(Br)s1)C1CC(=O)C(C(O)(C(=O)NCC(CC)CCCC)c2ccc(Br)s2)CC1=O. The van der Waals surface area contributed by atoms with Gasteiger partial charge in [-0.2, -0.15) is 0 Å². The van der Waals surface area contributed by atoms with E-state index in [9.17, 15) is 29.4 Å². The summed E-state index contributed by atoms with van der Waals surface area (Å²) in [6.45, 7) is 8.99. The second-order valence-corrected chi connectivity index (χ2v) is 17.4. The van der Waals surface area contributed by atoms with E-state index in [0.29, 0.717) is 20.7 Å². The normalized spacial score (nSPS) is 20.9. The molecule has 0 spiro atoms. The standard InChI is InChI=1S/C34H48Br2N2O6S2/c1-5-9-11-21(7-3)19-37-31(41)33(43,27-13-15-29(35)45-27)23-17-26(40)24(18-25(23)39)34(44,28-14-16-30(36)46-28)32(42)38-20-22(8-4)12-10-6-2/h13-16,21-24,43-44H,5-12,17-20H2,1-4H3,(H,37,41)(H,38,42). The largest absolute Gasteiger partial charge is 0.374 e. The summed E-state index contributed by atoms with van der Waals surface area (Å²) in [4.78, 5) is 56.2. The monoisotopic (exact) mass is 802 g/mol. The van der Waals surface area contributed by atoms with Crippen LogP contribution in [0.1, 0.15) is 102 Å². The minimum atomic E-state index is -2.29. The summed E-state index contributed by atoms with van der Waals surface area (Å²) >= 11 is 9.04. The minimum absolute atomic E-state index is 0.212. The molecule has 1 saturated carbocycles. The molecule has 1 aliphatic carbocycles. The number of hydrogen-bond acceptors (Lipinski definition) is 8. The number of carbonyl (C=O) groups excluding carboxylic acids is 4. The quantitative estimate of drug-likeness (QED) is 0.126. The van der Waals surface area contributed by atoms with E-state index in [1.165, 1.54) is 0 Å². The molecule has 3 rings (SSSR count). The summed E-state index contributed by atoms with van der Waals surface area (Å²) < 4.78 is 1.32. The smallest absolute Gasteiger partial charge is 0.258 e. The molecule has 0 radical (unpaired) electrons. The van der Waals surface area contributed by atoms with Gasteiger partial charge in [0.15, 0.2) is 11.2 Å². The molecule has 1 aliphatic rings. The lowest BCUT2D eigenvalue weighted by atomic mass is 9.66. The van der Waals surface area contributed by atoms with Gasteiger partial charge < -0.3 is 20.8 Å². The number of amides is 2. The van der Waals surface area contributed by atoms with Crippen molar-refractivity contribution in [3.63, 3.8) is 0 Å². The Morgan fingerprint density at radius 2 is 1.13 bits per heavy atom. The first-order valence-electron chi connectivity index (χ1n) is 16.4. The summed E-state index contributed by atoms with van der Waals surface area (Å²) in [5.41, 5.74) is -4.59. The Bertz CT molecular complexity index is 1250. The number of carbonyl (C=O) groups is 4. The maximum Gasteiger partial charge on any atom is 0.258 e. The van der Waals surface area contributed by atoms with Crippen LogP contribution < -0.4 is 10.6 Å². The van der Waals surface area contributed by atoms with Crippen LogP contribution in [0, 0.1) is 23.7 Å². The summed E-state index contributed by atoms with van der Waals surface area (Å²) in [7, 11) is 0. The molecule has 2 amide bonds. The van der Waals surface area contributed by atoms with Crippen molar-refractivity contribution in [2.75, 3.05) is 13.1 Å².